The van der Waals surface area contributed by atoms with E-state index in [2.05, 4.69) is 15.3 Å². The molecule has 1 aliphatic rings. The highest BCUT2D eigenvalue weighted by atomic mass is 16.5. The average Bonchev–Trinajstić information content (AvgIpc) is 3.11. The molecule has 1 amide bonds. The van der Waals surface area contributed by atoms with Gasteiger partial charge < -0.3 is 15.0 Å². The lowest BCUT2D eigenvalue weighted by atomic mass is 10.2. The molecule has 134 valence electrons. The average molecular weight is 350 g/mol. The number of benzene rings is 2. The van der Waals surface area contributed by atoms with Crippen LogP contribution in [0.4, 0.5) is 11.4 Å². The summed E-state index contributed by atoms with van der Waals surface area (Å²) in [6.07, 6.45) is 2.22. The summed E-state index contributed by atoms with van der Waals surface area (Å²) in [6.45, 7) is 3.90. The third kappa shape index (κ3) is 3.70. The first kappa shape index (κ1) is 16.6. The monoisotopic (exact) mass is 350 g/mol. The summed E-state index contributed by atoms with van der Waals surface area (Å²) in [5.74, 6) is -0.0105. The highest BCUT2D eigenvalue weighted by Crippen LogP contribution is 2.19. The third-order valence-electron chi connectivity index (χ3n) is 4.63. The molecule has 3 aromatic rings. The molecule has 0 aliphatic carbocycles. The molecule has 0 bridgehead atoms. The van der Waals surface area contributed by atoms with E-state index in [-0.39, 0.29) is 5.91 Å². The lowest BCUT2D eigenvalue weighted by Crippen LogP contribution is -2.36. The van der Waals surface area contributed by atoms with E-state index >= 15 is 0 Å². The van der Waals surface area contributed by atoms with Crippen LogP contribution in [-0.2, 0) is 16.1 Å². The maximum Gasteiger partial charge on any atom is 0.226 e. The van der Waals surface area contributed by atoms with Crippen LogP contribution in [0.5, 0.6) is 0 Å². The Morgan fingerprint density at radius 1 is 1.08 bits per heavy atom. The second kappa shape index (κ2) is 7.58. The number of hydrogen-bond acceptors (Lipinski definition) is 4. The van der Waals surface area contributed by atoms with Gasteiger partial charge in [-0.25, -0.2) is 0 Å². The normalized spacial score (nSPS) is 14.5. The molecule has 0 saturated carbocycles. The summed E-state index contributed by atoms with van der Waals surface area (Å²) in [4.78, 5) is 14.5. The maximum atomic E-state index is 12.3. The molecular formula is C20H22N4O2. The zero-order valence-electron chi connectivity index (χ0n) is 14.6. The number of ether oxygens (including phenoxy) is 1. The Bertz CT molecular complexity index is 882. The van der Waals surface area contributed by atoms with Crippen LogP contribution in [-0.4, -0.2) is 42.0 Å². The van der Waals surface area contributed by atoms with Gasteiger partial charge in [0, 0.05) is 36.3 Å². The van der Waals surface area contributed by atoms with Gasteiger partial charge in [-0.3, -0.25) is 9.48 Å². The van der Waals surface area contributed by atoms with Crippen LogP contribution < -0.4 is 10.2 Å². The quantitative estimate of drug-likeness (QED) is 0.769. The minimum absolute atomic E-state index is 0.0105. The van der Waals surface area contributed by atoms with Gasteiger partial charge in [0.05, 0.1) is 31.5 Å². The van der Waals surface area contributed by atoms with Crippen molar-refractivity contribution in [3.63, 3.8) is 0 Å². The molecule has 6 heteroatoms. The zero-order valence-corrected chi connectivity index (χ0v) is 14.6. The largest absolute Gasteiger partial charge is 0.378 e. The maximum absolute atomic E-state index is 12.3. The smallest absolute Gasteiger partial charge is 0.226 e. The number of carbonyl (C=O) groups is 1. The zero-order chi connectivity index (χ0) is 17.8. The van der Waals surface area contributed by atoms with E-state index in [4.69, 9.17) is 4.74 Å². The fraction of sp³-hybridized carbons (Fsp3) is 0.300. The van der Waals surface area contributed by atoms with Gasteiger partial charge in [0.15, 0.2) is 0 Å². The molecule has 1 N–H and O–H groups in total. The summed E-state index contributed by atoms with van der Waals surface area (Å²) in [7, 11) is 0. The fourth-order valence-electron chi connectivity index (χ4n) is 3.21. The molecule has 6 nitrogen and oxygen atoms in total. The number of anilines is 2. The first-order valence-corrected chi connectivity index (χ1v) is 8.93. The molecular weight excluding hydrogens is 328 g/mol. The van der Waals surface area contributed by atoms with Crippen molar-refractivity contribution in [2.24, 2.45) is 0 Å². The van der Waals surface area contributed by atoms with Crippen molar-refractivity contribution < 1.29 is 9.53 Å². The number of carbonyl (C=O) groups excluding carboxylic acids is 1. The van der Waals surface area contributed by atoms with Gasteiger partial charge in [0.1, 0.15) is 0 Å². The summed E-state index contributed by atoms with van der Waals surface area (Å²) < 4.78 is 7.25. The van der Waals surface area contributed by atoms with Crippen molar-refractivity contribution in [2.45, 2.75) is 13.0 Å². The molecule has 4 rings (SSSR count). The van der Waals surface area contributed by atoms with Crippen LogP contribution in [0.25, 0.3) is 10.9 Å². The van der Waals surface area contributed by atoms with Gasteiger partial charge in [-0.15, -0.1) is 0 Å². The molecule has 26 heavy (non-hydrogen) atoms. The number of amides is 1. The second-order valence-corrected chi connectivity index (χ2v) is 6.37. The van der Waals surface area contributed by atoms with Crippen LogP contribution in [0.1, 0.15) is 6.42 Å². The lowest BCUT2D eigenvalue weighted by molar-refractivity contribution is -0.116. The van der Waals surface area contributed by atoms with Crippen molar-refractivity contribution in [1.82, 2.24) is 9.78 Å². The van der Waals surface area contributed by atoms with Gasteiger partial charge in [-0.1, -0.05) is 18.2 Å². The summed E-state index contributed by atoms with van der Waals surface area (Å²) in [6, 6.07) is 16.0. The van der Waals surface area contributed by atoms with Gasteiger partial charge in [-0.2, -0.15) is 5.10 Å². The van der Waals surface area contributed by atoms with Crippen molar-refractivity contribution >= 4 is 28.2 Å². The van der Waals surface area contributed by atoms with Crippen LogP contribution in [0.2, 0.25) is 0 Å². The fourth-order valence-corrected chi connectivity index (χ4v) is 3.21. The molecule has 1 aliphatic heterocycles. The SMILES string of the molecule is O=C(CCn1ncc2ccccc21)Nc1ccc(N2CCOCC2)cc1. The van der Waals surface area contributed by atoms with Crippen LogP contribution in [0.15, 0.2) is 54.7 Å². The van der Waals surface area contributed by atoms with E-state index in [1.54, 1.807) is 0 Å². The third-order valence-corrected chi connectivity index (χ3v) is 4.63. The number of aromatic nitrogens is 2. The topological polar surface area (TPSA) is 59.4 Å². The Hall–Kier alpha value is -2.86. The molecule has 1 fully saturated rings. The molecule has 0 unspecified atom stereocenters. The summed E-state index contributed by atoms with van der Waals surface area (Å²) >= 11 is 0. The molecule has 2 heterocycles. The van der Waals surface area contributed by atoms with Crippen molar-refractivity contribution in [3.05, 3.63) is 54.7 Å². The molecule has 0 radical (unpaired) electrons. The number of para-hydroxylation sites is 1. The van der Waals surface area contributed by atoms with Gasteiger partial charge >= 0.3 is 0 Å². The van der Waals surface area contributed by atoms with E-state index < -0.39 is 0 Å². The summed E-state index contributed by atoms with van der Waals surface area (Å²) in [5, 5.41) is 8.41. The number of rotatable bonds is 5. The van der Waals surface area contributed by atoms with Crippen molar-refractivity contribution in [2.75, 3.05) is 36.5 Å². The minimum atomic E-state index is -0.0105. The van der Waals surface area contributed by atoms with E-state index in [1.807, 2.05) is 59.4 Å². The predicted octanol–water partition coefficient (Wildman–Crippen LogP) is 2.90. The first-order valence-electron chi connectivity index (χ1n) is 8.93. The number of fused-ring (bicyclic) bond motifs is 1. The highest BCUT2D eigenvalue weighted by molar-refractivity contribution is 5.91. The van der Waals surface area contributed by atoms with Gasteiger partial charge in [0.2, 0.25) is 5.91 Å². The van der Waals surface area contributed by atoms with Crippen molar-refractivity contribution in [3.8, 4) is 0 Å². The minimum Gasteiger partial charge on any atom is -0.378 e. The predicted molar refractivity (Wildman–Crippen MR) is 102 cm³/mol. The van der Waals surface area contributed by atoms with Crippen LogP contribution >= 0.6 is 0 Å². The van der Waals surface area contributed by atoms with E-state index in [9.17, 15) is 4.79 Å². The Kier molecular flexibility index (Phi) is 4.84. The Labute approximate surface area is 152 Å². The number of hydrogen-bond donors (Lipinski definition) is 1. The molecule has 1 aromatic heterocycles. The van der Waals surface area contributed by atoms with Crippen LogP contribution in [0, 0.1) is 0 Å². The van der Waals surface area contributed by atoms with Crippen LogP contribution in [0.3, 0.4) is 0 Å². The number of nitrogens with zero attached hydrogens (tertiary/aromatic N) is 3. The van der Waals surface area contributed by atoms with Crippen molar-refractivity contribution in [1.29, 1.82) is 0 Å². The molecule has 0 spiro atoms. The first-order chi connectivity index (χ1) is 12.8. The second-order valence-electron chi connectivity index (χ2n) is 6.37. The molecule has 2 aromatic carbocycles. The van der Waals surface area contributed by atoms with E-state index in [0.717, 1.165) is 48.6 Å². The highest BCUT2D eigenvalue weighted by Gasteiger charge is 2.11. The molecule has 1 saturated heterocycles. The molecule has 0 atom stereocenters. The standard InChI is InChI=1S/C20H22N4O2/c25-20(9-10-24-19-4-2-1-3-16(19)15-21-24)22-17-5-7-18(8-6-17)23-11-13-26-14-12-23/h1-8,15H,9-14H2,(H,22,25). The number of aryl methyl sites for hydroxylation is 1. The van der Waals surface area contributed by atoms with Gasteiger partial charge in [0.25, 0.3) is 0 Å². The number of nitrogens with one attached hydrogen (secondary N) is 1. The summed E-state index contributed by atoms with van der Waals surface area (Å²) in [5.41, 5.74) is 3.03. The Balaban J connectivity index is 1.33. The Morgan fingerprint density at radius 2 is 1.85 bits per heavy atom. The lowest BCUT2D eigenvalue weighted by Gasteiger charge is -2.28. The van der Waals surface area contributed by atoms with E-state index in [0.29, 0.717) is 13.0 Å². The Morgan fingerprint density at radius 3 is 2.65 bits per heavy atom. The van der Waals surface area contributed by atoms with Gasteiger partial charge in [-0.05, 0) is 30.3 Å². The van der Waals surface area contributed by atoms with E-state index in [1.165, 1.54) is 0 Å². The number of morpholine rings is 1.